The Bertz CT molecular complexity index is 537. The van der Waals surface area contributed by atoms with E-state index in [1.807, 2.05) is 30.3 Å². The van der Waals surface area contributed by atoms with Gasteiger partial charge in [0.2, 0.25) is 0 Å². The Hall–Kier alpha value is -1.02. The summed E-state index contributed by atoms with van der Waals surface area (Å²) in [6.45, 7) is 1.96. The van der Waals surface area contributed by atoms with Crippen molar-refractivity contribution < 1.29 is 29.2 Å². The van der Waals surface area contributed by atoms with Gasteiger partial charge in [0.15, 0.2) is 0 Å². The molecular formula is C16H20O6. The second-order valence-corrected chi connectivity index (χ2v) is 6.21. The number of benzene rings is 1. The predicted octanol–water partition coefficient (Wildman–Crippen LogP) is 0.411. The molecule has 0 amide bonds. The van der Waals surface area contributed by atoms with Gasteiger partial charge in [-0.2, -0.15) is 0 Å². The highest BCUT2D eigenvalue weighted by atomic mass is 16.9. The molecule has 3 heterocycles. The largest absolute Gasteiger partial charge is 0.396 e. The van der Waals surface area contributed by atoms with Gasteiger partial charge >= 0.3 is 0 Å². The van der Waals surface area contributed by atoms with Gasteiger partial charge in [0.25, 0.3) is 5.97 Å². The van der Waals surface area contributed by atoms with Crippen molar-refractivity contribution in [3.8, 4) is 0 Å². The van der Waals surface area contributed by atoms with Crippen LogP contribution >= 0.6 is 0 Å². The van der Waals surface area contributed by atoms with Crippen LogP contribution in [0.3, 0.4) is 0 Å². The van der Waals surface area contributed by atoms with Crippen molar-refractivity contribution in [2.24, 2.45) is 5.92 Å². The number of aliphatic hydroxyl groups is 2. The lowest BCUT2D eigenvalue weighted by molar-refractivity contribution is -0.532. The smallest absolute Gasteiger partial charge is 0.281 e. The monoisotopic (exact) mass is 308 g/mol. The van der Waals surface area contributed by atoms with Crippen LogP contribution in [-0.4, -0.2) is 53.3 Å². The van der Waals surface area contributed by atoms with Crippen molar-refractivity contribution in [1.29, 1.82) is 0 Å². The molecule has 0 spiro atoms. The van der Waals surface area contributed by atoms with Crippen LogP contribution in [0.1, 0.15) is 12.5 Å². The summed E-state index contributed by atoms with van der Waals surface area (Å²) in [7, 11) is 0. The average molecular weight is 308 g/mol. The van der Waals surface area contributed by atoms with Gasteiger partial charge < -0.3 is 29.2 Å². The second-order valence-electron chi connectivity index (χ2n) is 6.21. The van der Waals surface area contributed by atoms with Crippen LogP contribution in [-0.2, 0) is 25.6 Å². The van der Waals surface area contributed by atoms with Crippen LogP contribution in [0, 0.1) is 5.92 Å². The van der Waals surface area contributed by atoms with Crippen LogP contribution in [0.15, 0.2) is 30.3 Å². The molecule has 1 aliphatic carbocycles. The zero-order chi connectivity index (χ0) is 15.3. The molecule has 4 bridgehead atoms. The first kappa shape index (κ1) is 14.6. The van der Waals surface area contributed by atoms with Crippen molar-refractivity contribution in [3.05, 3.63) is 35.9 Å². The molecule has 5 rings (SSSR count). The fourth-order valence-electron chi connectivity index (χ4n) is 3.69. The molecule has 3 saturated heterocycles. The first-order valence-electron chi connectivity index (χ1n) is 7.59. The molecule has 6 nitrogen and oxygen atoms in total. The Kier molecular flexibility index (Phi) is 3.48. The summed E-state index contributed by atoms with van der Waals surface area (Å²) in [6, 6.07) is 9.79. The zero-order valence-electron chi connectivity index (χ0n) is 12.3. The lowest BCUT2D eigenvalue weighted by Gasteiger charge is -2.61. The average Bonchev–Trinajstić information content (AvgIpc) is 2.52. The molecule has 1 aromatic carbocycles. The molecule has 3 aliphatic heterocycles. The van der Waals surface area contributed by atoms with Crippen LogP contribution in [0.25, 0.3) is 0 Å². The number of rotatable bonds is 4. The normalized spacial score (nSPS) is 46.1. The van der Waals surface area contributed by atoms with E-state index in [0.717, 1.165) is 5.56 Å². The third-order valence-corrected chi connectivity index (χ3v) is 4.71. The topological polar surface area (TPSA) is 77.4 Å². The van der Waals surface area contributed by atoms with Gasteiger partial charge in [-0.15, -0.1) is 0 Å². The Labute approximate surface area is 128 Å². The molecule has 22 heavy (non-hydrogen) atoms. The van der Waals surface area contributed by atoms with E-state index >= 15 is 0 Å². The number of aliphatic hydroxyl groups excluding tert-OH is 2. The van der Waals surface area contributed by atoms with Gasteiger partial charge in [-0.25, -0.2) is 0 Å². The van der Waals surface area contributed by atoms with E-state index in [2.05, 4.69) is 0 Å². The molecule has 120 valence electrons. The Morgan fingerprint density at radius 3 is 2.50 bits per heavy atom. The number of ether oxygens (including phenoxy) is 4. The van der Waals surface area contributed by atoms with Crippen LogP contribution < -0.4 is 0 Å². The van der Waals surface area contributed by atoms with Crippen LogP contribution in [0.2, 0.25) is 0 Å². The van der Waals surface area contributed by atoms with Crippen molar-refractivity contribution in [3.63, 3.8) is 0 Å². The quantitative estimate of drug-likeness (QED) is 0.839. The maximum Gasteiger partial charge on any atom is 0.281 e. The van der Waals surface area contributed by atoms with Crippen LogP contribution in [0.4, 0.5) is 0 Å². The van der Waals surface area contributed by atoms with E-state index < -0.39 is 30.4 Å². The van der Waals surface area contributed by atoms with Crippen molar-refractivity contribution in [2.45, 2.75) is 50.0 Å². The van der Waals surface area contributed by atoms with E-state index in [4.69, 9.17) is 18.9 Å². The van der Waals surface area contributed by atoms with Gasteiger partial charge in [-0.3, -0.25) is 0 Å². The van der Waals surface area contributed by atoms with Crippen molar-refractivity contribution in [2.75, 3.05) is 6.61 Å². The molecule has 2 N–H and O–H groups in total. The molecule has 6 heteroatoms. The molecule has 1 saturated carbocycles. The van der Waals surface area contributed by atoms with Gasteiger partial charge in [0.05, 0.1) is 25.4 Å². The lowest BCUT2D eigenvalue weighted by atomic mass is 9.76. The Morgan fingerprint density at radius 1 is 1.09 bits per heavy atom. The summed E-state index contributed by atoms with van der Waals surface area (Å²) >= 11 is 0. The first-order valence-corrected chi connectivity index (χ1v) is 7.59. The minimum Gasteiger partial charge on any atom is -0.396 e. The van der Waals surface area contributed by atoms with E-state index in [9.17, 15) is 10.2 Å². The summed E-state index contributed by atoms with van der Waals surface area (Å²) in [5.41, 5.74) is 1.04. The molecule has 0 radical (unpaired) electrons. The molecule has 1 aromatic rings. The number of hydrogen-bond acceptors (Lipinski definition) is 6. The lowest BCUT2D eigenvalue weighted by Crippen LogP contribution is -2.77. The highest BCUT2D eigenvalue weighted by Crippen LogP contribution is 2.48. The SMILES string of the molecule is CC12OC3C(O)C(O1)C(OCc1ccccc1)C(O2)C3CO. The maximum atomic E-state index is 10.4. The fourth-order valence-corrected chi connectivity index (χ4v) is 3.69. The van der Waals surface area contributed by atoms with Gasteiger partial charge in [0, 0.05) is 12.8 Å². The Morgan fingerprint density at radius 2 is 1.77 bits per heavy atom. The van der Waals surface area contributed by atoms with Crippen molar-refractivity contribution >= 4 is 0 Å². The summed E-state index contributed by atoms with van der Waals surface area (Å²) in [5.74, 6) is -1.47. The van der Waals surface area contributed by atoms with Gasteiger partial charge in [0.1, 0.15) is 18.3 Å². The minimum atomic E-state index is -1.16. The van der Waals surface area contributed by atoms with Gasteiger partial charge in [-0.05, 0) is 5.56 Å². The molecule has 7 unspecified atom stereocenters. The summed E-state index contributed by atoms with van der Waals surface area (Å²) < 4.78 is 23.1. The molecule has 7 atom stereocenters. The zero-order valence-corrected chi connectivity index (χ0v) is 12.3. The maximum absolute atomic E-state index is 10.4. The molecule has 4 fully saturated rings. The molecule has 0 aromatic heterocycles. The minimum absolute atomic E-state index is 0.125. The highest BCUT2D eigenvalue weighted by molar-refractivity contribution is 5.14. The van der Waals surface area contributed by atoms with E-state index in [-0.39, 0.29) is 18.6 Å². The van der Waals surface area contributed by atoms with Gasteiger partial charge in [-0.1, -0.05) is 30.3 Å². The van der Waals surface area contributed by atoms with Crippen LogP contribution in [0.5, 0.6) is 0 Å². The molecule has 4 aliphatic rings. The van der Waals surface area contributed by atoms with E-state index in [1.54, 1.807) is 6.92 Å². The molecular weight excluding hydrogens is 288 g/mol. The van der Waals surface area contributed by atoms with Crippen molar-refractivity contribution in [1.82, 2.24) is 0 Å². The summed E-state index contributed by atoms with van der Waals surface area (Å²) in [6.07, 6.45) is -2.59. The second kappa shape index (κ2) is 5.26. The summed E-state index contributed by atoms with van der Waals surface area (Å²) in [4.78, 5) is 0. The van der Waals surface area contributed by atoms with E-state index in [1.165, 1.54) is 0 Å². The predicted molar refractivity (Wildman–Crippen MR) is 74.6 cm³/mol. The Balaban J connectivity index is 1.55. The third-order valence-electron chi connectivity index (χ3n) is 4.71. The number of hydrogen-bond donors (Lipinski definition) is 2. The first-order chi connectivity index (χ1) is 10.6. The fraction of sp³-hybridized carbons (Fsp3) is 0.625. The highest BCUT2D eigenvalue weighted by Gasteiger charge is 2.65. The standard InChI is InChI=1S/C16H20O6/c1-16-20-12-10(7-17)13(21-16)15(14(22-16)11(12)18)19-8-9-5-3-2-4-6-9/h2-6,10-15,17-18H,7-8H2,1H3. The van der Waals surface area contributed by atoms with E-state index in [0.29, 0.717) is 6.61 Å². The third kappa shape index (κ3) is 2.19. The summed E-state index contributed by atoms with van der Waals surface area (Å²) in [5, 5.41) is 20.0.